The van der Waals surface area contributed by atoms with Crippen LogP contribution in [-0.4, -0.2) is 60.3 Å². The molecule has 0 amide bonds. The highest BCUT2D eigenvalue weighted by atomic mass is 16.5. The summed E-state index contributed by atoms with van der Waals surface area (Å²) in [7, 11) is 3.63. The van der Waals surface area contributed by atoms with Gasteiger partial charge < -0.3 is 19.5 Å². The molecular formula is C18H33N5O. The van der Waals surface area contributed by atoms with Gasteiger partial charge in [0, 0.05) is 46.2 Å². The SMILES string of the molecule is CN=C(NCC(OC)C(C)(C)C)N1CCC(C)C(n2ccnc2)C1. The van der Waals surface area contributed by atoms with Crippen LogP contribution in [0.1, 0.15) is 40.2 Å². The lowest BCUT2D eigenvalue weighted by molar-refractivity contribution is 0.0199. The Bertz CT molecular complexity index is 520. The van der Waals surface area contributed by atoms with Crippen LogP contribution in [0.2, 0.25) is 0 Å². The topological polar surface area (TPSA) is 54.7 Å². The molecule has 0 aromatic carbocycles. The predicted octanol–water partition coefficient (Wildman–Crippen LogP) is 2.40. The monoisotopic (exact) mass is 335 g/mol. The van der Waals surface area contributed by atoms with Crippen LogP contribution in [0.15, 0.2) is 23.7 Å². The third-order valence-electron chi connectivity index (χ3n) is 5.03. The van der Waals surface area contributed by atoms with Crippen molar-refractivity contribution in [2.24, 2.45) is 16.3 Å². The molecular weight excluding hydrogens is 302 g/mol. The normalized spacial score (nSPS) is 24.1. The number of nitrogens with zero attached hydrogens (tertiary/aromatic N) is 4. The van der Waals surface area contributed by atoms with Crippen molar-refractivity contribution in [1.29, 1.82) is 0 Å². The van der Waals surface area contributed by atoms with Crippen LogP contribution in [0, 0.1) is 11.3 Å². The lowest BCUT2D eigenvalue weighted by atomic mass is 9.89. The molecule has 1 aromatic heterocycles. The summed E-state index contributed by atoms with van der Waals surface area (Å²) >= 11 is 0. The predicted molar refractivity (Wildman–Crippen MR) is 98.2 cm³/mol. The molecule has 1 aliphatic heterocycles. The van der Waals surface area contributed by atoms with Gasteiger partial charge in [-0.15, -0.1) is 0 Å². The second-order valence-corrected chi connectivity index (χ2v) is 7.81. The zero-order chi connectivity index (χ0) is 17.7. The molecule has 2 heterocycles. The summed E-state index contributed by atoms with van der Waals surface area (Å²) in [6.45, 7) is 11.6. The fraction of sp³-hybridized carbons (Fsp3) is 0.778. The van der Waals surface area contributed by atoms with Gasteiger partial charge in [-0.3, -0.25) is 4.99 Å². The molecule has 136 valence electrons. The Morgan fingerprint density at radius 3 is 2.75 bits per heavy atom. The quantitative estimate of drug-likeness (QED) is 0.678. The van der Waals surface area contributed by atoms with Gasteiger partial charge in [0.15, 0.2) is 5.96 Å². The second kappa shape index (κ2) is 8.01. The third kappa shape index (κ3) is 4.50. The Hall–Kier alpha value is -1.56. The minimum absolute atomic E-state index is 0.0936. The van der Waals surface area contributed by atoms with Crippen molar-refractivity contribution >= 4 is 5.96 Å². The van der Waals surface area contributed by atoms with Crippen LogP contribution in [-0.2, 0) is 4.74 Å². The molecule has 1 N–H and O–H groups in total. The van der Waals surface area contributed by atoms with Gasteiger partial charge in [0.2, 0.25) is 0 Å². The van der Waals surface area contributed by atoms with Crippen LogP contribution in [0.25, 0.3) is 0 Å². The van der Waals surface area contributed by atoms with Gasteiger partial charge in [0.1, 0.15) is 0 Å². The Morgan fingerprint density at radius 2 is 2.21 bits per heavy atom. The molecule has 0 aliphatic carbocycles. The highest BCUT2D eigenvalue weighted by Crippen LogP contribution is 2.27. The molecule has 1 aromatic rings. The maximum atomic E-state index is 5.65. The molecule has 6 nitrogen and oxygen atoms in total. The van der Waals surface area contributed by atoms with E-state index in [9.17, 15) is 0 Å². The van der Waals surface area contributed by atoms with Crippen molar-refractivity contribution in [2.75, 3.05) is 33.8 Å². The van der Waals surface area contributed by atoms with Gasteiger partial charge >= 0.3 is 0 Å². The number of ether oxygens (including phenoxy) is 1. The number of likely N-dealkylation sites (tertiary alicyclic amines) is 1. The summed E-state index contributed by atoms with van der Waals surface area (Å²) in [4.78, 5) is 11.0. The molecule has 6 heteroatoms. The van der Waals surface area contributed by atoms with Gasteiger partial charge in [-0.25, -0.2) is 4.98 Å². The molecule has 0 bridgehead atoms. The molecule has 0 saturated carbocycles. The Morgan fingerprint density at radius 1 is 1.46 bits per heavy atom. The molecule has 1 fully saturated rings. The zero-order valence-corrected chi connectivity index (χ0v) is 16.0. The Labute approximate surface area is 146 Å². The van der Waals surface area contributed by atoms with Crippen molar-refractivity contribution in [3.05, 3.63) is 18.7 Å². The second-order valence-electron chi connectivity index (χ2n) is 7.81. The number of nitrogens with one attached hydrogen (secondary N) is 1. The van der Waals surface area contributed by atoms with E-state index in [-0.39, 0.29) is 11.5 Å². The van der Waals surface area contributed by atoms with Crippen LogP contribution in [0.4, 0.5) is 0 Å². The number of guanidine groups is 1. The summed E-state index contributed by atoms with van der Waals surface area (Å²) in [5.74, 6) is 1.59. The number of piperidine rings is 1. The first-order valence-corrected chi connectivity index (χ1v) is 8.82. The van der Waals surface area contributed by atoms with Gasteiger partial charge in [-0.05, 0) is 17.8 Å². The van der Waals surface area contributed by atoms with Gasteiger partial charge in [0.25, 0.3) is 0 Å². The molecule has 0 spiro atoms. The largest absolute Gasteiger partial charge is 0.379 e. The Kier molecular flexibility index (Phi) is 6.27. The van der Waals surface area contributed by atoms with Gasteiger partial charge in [-0.1, -0.05) is 27.7 Å². The molecule has 0 radical (unpaired) electrons. The third-order valence-corrected chi connectivity index (χ3v) is 5.03. The van der Waals surface area contributed by atoms with Crippen molar-refractivity contribution < 1.29 is 4.74 Å². The lowest BCUT2D eigenvalue weighted by Crippen LogP contribution is -2.51. The minimum atomic E-state index is 0.0936. The number of rotatable bonds is 4. The van der Waals surface area contributed by atoms with E-state index in [2.05, 4.69) is 58.7 Å². The number of hydrogen-bond donors (Lipinski definition) is 1. The first-order chi connectivity index (χ1) is 11.4. The summed E-state index contributed by atoms with van der Waals surface area (Å²) < 4.78 is 7.87. The van der Waals surface area contributed by atoms with E-state index in [1.807, 2.05) is 19.6 Å². The lowest BCUT2D eigenvalue weighted by Gasteiger charge is -2.40. The number of hydrogen-bond acceptors (Lipinski definition) is 3. The zero-order valence-electron chi connectivity index (χ0n) is 16.0. The van der Waals surface area contributed by atoms with Crippen LogP contribution < -0.4 is 5.32 Å². The average Bonchev–Trinajstić information content (AvgIpc) is 3.05. The smallest absolute Gasteiger partial charge is 0.193 e. The highest BCUT2D eigenvalue weighted by Gasteiger charge is 2.30. The van der Waals surface area contributed by atoms with Crippen LogP contribution in [0.3, 0.4) is 0 Å². The summed E-state index contributed by atoms with van der Waals surface area (Å²) in [6.07, 6.45) is 7.12. The standard InChI is InChI=1S/C18H33N5O/c1-14-7-9-22(12-15(14)23-10-8-20-13-23)17(19-5)21-11-16(24-6)18(2,3)4/h8,10,13-16H,7,9,11-12H2,1-6H3,(H,19,21). The van der Waals surface area contributed by atoms with E-state index in [1.54, 1.807) is 7.11 Å². The fourth-order valence-corrected chi connectivity index (χ4v) is 3.35. The average molecular weight is 335 g/mol. The number of imidazole rings is 1. The van der Waals surface area contributed by atoms with E-state index >= 15 is 0 Å². The summed E-state index contributed by atoms with van der Waals surface area (Å²) in [6, 6.07) is 0.431. The minimum Gasteiger partial charge on any atom is -0.379 e. The molecule has 1 aliphatic rings. The first kappa shape index (κ1) is 18.8. The van der Waals surface area contributed by atoms with Crippen LogP contribution >= 0.6 is 0 Å². The molecule has 1 saturated heterocycles. The van der Waals surface area contributed by atoms with Crippen molar-refractivity contribution in [1.82, 2.24) is 19.8 Å². The van der Waals surface area contributed by atoms with E-state index in [0.717, 1.165) is 32.0 Å². The molecule has 24 heavy (non-hydrogen) atoms. The van der Waals surface area contributed by atoms with Crippen molar-refractivity contribution in [2.45, 2.75) is 46.3 Å². The van der Waals surface area contributed by atoms with Gasteiger partial charge in [-0.2, -0.15) is 0 Å². The summed E-state index contributed by atoms with van der Waals surface area (Å²) in [5, 5.41) is 3.50. The number of methoxy groups -OCH3 is 1. The summed E-state index contributed by atoms with van der Waals surface area (Å²) in [5.41, 5.74) is 0.0936. The van der Waals surface area contributed by atoms with Crippen molar-refractivity contribution in [3.63, 3.8) is 0 Å². The fourth-order valence-electron chi connectivity index (χ4n) is 3.35. The highest BCUT2D eigenvalue weighted by molar-refractivity contribution is 5.80. The maximum absolute atomic E-state index is 5.65. The molecule has 3 atom stereocenters. The van der Waals surface area contributed by atoms with Crippen molar-refractivity contribution in [3.8, 4) is 0 Å². The molecule has 2 rings (SSSR count). The Balaban J connectivity index is 2.00. The van der Waals surface area contributed by atoms with E-state index in [1.165, 1.54) is 0 Å². The number of aromatic nitrogens is 2. The first-order valence-electron chi connectivity index (χ1n) is 8.82. The van der Waals surface area contributed by atoms with E-state index < -0.39 is 0 Å². The van der Waals surface area contributed by atoms with E-state index in [4.69, 9.17) is 4.74 Å². The van der Waals surface area contributed by atoms with Gasteiger partial charge in [0.05, 0.1) is 18.5 Å². The number of aliphatic imine (C=N–C) groups is 1. The van der Waals surface area contributed by atoms with E-state index in [0.29, 0.717) is 12.0 Å². The molecule has 3 unspecified atom stereocenters. The maximum Gasteiger partial charge on any atom is 0.193 e. The van der Waals surface area contributed by atoms with Crippen LogP contribution in [0.5, 0.6) is 0 Å².